The van der Waals surface area contributed by atoms with E-state index in [2.05, 4.69) is 18.7 Å². The van der Waals surface area contributed by atoms with E-state index in [1.54, 1.807) is 0 Å². The first-order valence-electron chi connectivity index (χ1n) is 5.86. The maximum Gasteiger partial charge on any atom is 0.119 e. The number of hydrogen-bond donors (Lipinski definition) is 1. The van der Waals surface area contributed by atoms with Crippen molar-refractivity contribution in [1.82, 2.24) is 4.90 Å². The number of hydrogen-bond acceptors (Lipinski definition) is 3. The topological polar surface area (TPSA) is 38.5 Å². The monoisotopic (exact) mass is 222 g/mol. The molecule has 16 heavy (non-hydrogen) atoms. The van der Waals surface area contributed by atoms with Crippen LogP contribution in [0.2, 0.25) is 0 Å². The molecule has 0 aliphatic heterocycles. The second-order valence-electron chi connectivity index (χ2n) is 4.08. The van der Waals surface area contributed by atoms with Crippen molar-refractivity contribution in [3.8, 4) is 5.75 Å². The largest absolute Gasteiger partial charge is 0.492 e. The molecule has 0 saturated carbocycles. The second kappa shape index (κ2) is 7.25. The Morgan fingerprint density at radius 1 is 1.19 bits per heavy atom. The van der Waals surface area contributed by atoms with E-state index in [4.69, 9.17) is 10.5 Å². The lowest BCUT2D eigenvalue weighted by Crippen LogP contribution is -2.38. The molecule has 0 aromatic heterocycles. The molecule has 0 spiro atoms. The first-order valence-corrected chi connectivity index (χ1v) is 5.86. The Morgan fingerprint density at radius 3 is 2.44 bits per heavy atom. The Hall–Kier alpha value is -1.06. The minimum atomic E-state index is 0.517. The van der Waals surface area contributed by atoms with Gasteiger partial charge in [0.2, 0.25) is 0 Å². The van der Waals surface area contributed by atoms with E-state index < -0.39 is 0 Å². The second-order valence-corrected chi connectivity index (χ2v) is 4.08. The van der Waals surface area contributed by atoms with Crippen molar-refractivity contribution in [2.75, 3.05) is 26.2 Å². The molecular formula is C13H22N2O. The standard InChI is InChI=1S/C13H22N2O/c1-12(2)15(9-8-14)10-11-16-13-6-4-3-5-7-13/h3-7,12H,8-11,14H2,1-2H3. The predicted octanol–water partition coefficient (Wildman–Crippen LogP) is 1.73. The maximum atomic E-state index is 5.65. The summed E-state index contributed by atoms with van der Waals surface area (Å²) in [5.74, 6) is 0.930. The SMILES string of the molecule is CC(C)N(CCN)CCOc1ccccc1. The fourth-order valence-corrected chi connectivity index (χ4v) is 1.59. The van der Waals surface area contributed by atoms with Crippen LogP contribution in [0, 0.1) is 0 Å². The summed E-state index contributed by atoms with van der Waals surface area (Å²) in [6, 6.07) is 10.4. The molecule has 0 bridgehead atoms. The molecule has 1 rings (SSSR count). The Bertz CT molecular complexity index is 275. The molecule has 2 N–H and O–H groups in total. The normalized spacial score (nSPS) is 11.1. The Kier molecular flexibility index (Phi) is 5.90. The van der Waals surface area contributed by atoms with Crippen LogP contribution >= 0.6 is 0 Å². The first kappa shape index (κ1) is 13.0. The number of benzene rings is 1. The minimum Gasteiger partial charge on any atom is -0.492 e. The average Bonchev–Trinajstić information content (AvgIpc) is 2.29. The van der Waals surface area contributed by atoms with Crippen molar-refractivity contribution >= 4 is 0 Å². The Morgan fingerprint density at radius 2 is 1.88 bits per heavy atom. The Labute approximate surface area is 98.2 Å². The number of para-hydroxylation sites is 1. The summed E-state index contributed by atoms with van der Waals surface area (Å²) in [7, 11) is 0. The Balaban J connectivity index is 2.28. The van der Waals surface area contributed by atoms with Crippen molar-refractivity contribution < 1.29 is 4.74 Å². The molecule has 0 unspecified atom stereocenters. The number of nitrogens with zero attached hydrogens (tertiary/aromatic N) is 1. The van der Waals surface area contributed by atoms with Crippen LogP contribution in [0.4, 0.5) is 0 Å². The van der Waals surface area contributed by atoms with Gasteiger partial charge in [-0.25, -0.2) is 0 Å². The summed E-state index contributed by atoms with van der Waals surface area (Å²) in [5, 5.41) is 0. The zero-order valence-electron chi connectivity index (χ0n) is 10.2. The van der Waals surface area contributed by atoms with Gasteiger partial charge in [0.1, 0.15) is 12.4 Å². The number of nitrogens with two attached hydrogens (primary N) is 1. The lowest BCUT2D eigenvalue weighted by atomic mass is 10.3. The molecule has 3 nitrogen and oxygen atoms in total. The van der Waals surface area contributed by atoms with Crippen molar-refractivity contribution in [2.24, 2.45) is 5.73 Å². The van der Waals surface area contributed by atoms with E-state index in [1.165, 1.54) is 0 Å². The highest BCUT2D eigenvalue weighted by atomic mass is 16.5. The molecule has 0 aliphatic carbocycles. The molecule has 0 fully saturated rings. The van der Waals surface area contributed by atoms with Gasteiger partial charge in [-0.1, -0.05) is 18.2 Å². The smallest absolute Gasteiger partial charge is 0.119 e. The van der Waals surface area contributed by atoms with Crippen LogP contribution in [0.1, 0.15) is 13.8 Å². The highest BCUT2D eigenvalue weighted by Crippen LogP contribution is 2.08. The van der Waals surface area contributed by atoms with Gasteiger partial charge in [0.05, 0.1) is 0 Å². The molecule has 0 amide bonds. The van der Waals surface area contributed by atoms with Crippen molar-refractivity contribution in [3.05, 3.63) is 30.3 Å². The van der Waals surface area contributed by atoms with Gasteiger partial charge in [0.15, 0.2) is 0 Å². The summed E-state index contributed by atoms with van der Waals surface area (Å²) in [6.07, 6.45) is 0. The van der Waals surface area contributed by atoms with Gasteiger partial charge in [-0.05, 0) is 26.0 Å². The van der Waals surface area contributed by atoms with Crippen LogP contribution < -0.4 is 10.5 Å². The van der Waals surface area contributed by atoms with E-state index >= 15 is 0 Å². The van der Waals surface area contributed by atoms with Crippen LogP contribution in [0.25, 0.3) is 0 Å². The third-order valence-corrected chi connectivity index (χ3v) is 2.54. The van der Waals surface area contributed by atoms with Crippen LogP contribution in [-0.2, 0) is 0 Å². The lowest BCUT2D eigenvalue weighted by molar-refractivity contribution is 0.180. The summed E-state index contributed by atoms with van der Waals surface area (Å²) < 4.78 is 5.65. The fourth-order valence-electron chi connectivity index (χ4n) is 1.59. The van der Waals surface area contributed by atoms with Gasteiger partial charge in [0.25, 0.3) is 0 Å². The predicted molar refractivity (Wildman–Crippen MR) is 67.7 cm³/mol. The first-order chi connectivity index (χ1) is 7.74. The van der Waals surface area contributed by atoms with Gasteiger partial charge in [-0.3, -0.25) is 4.90 Å². The van der Waals surface area contributed by atoms with Gasteiger partial charge in [-0.15, -0.1) is 0 Å². The highest BCUT2D eigenvalue weighted by Gasteiger charge is 2.07. The zero-order chi connectivity index (χ0) is 11.8. The summed E-state index contributed by atoms with van der Waals surface area (Å²) in [4.78, 5) is 2.32. The molecule has 0 heterocycles. The van der Waals surface area contributed by atoms with Gasteiger partial charge >= 0.3 is 0 Å². The van der Waals surface area contributed by atoms with Crippen LogP contribution in [0.3, 0.4) is 0 Å². The van der Waals surface area contributed by atoms with E-state index in [0.29, 0.717) is 19.2 Å². The lowest BCUT2D eigenvalue weighted by Gasteiger charge is -2.25. The van der Waals surface area contributed by atoms with E-state index in [9.17, 15) is 0 Å². The molecule has 1 aromatic carbocycles. The fraction of sp³-hybridized carbons (Fsp3) is 0.538. The molecule has 3 heteroatoms. The van der Waals surface area contributed by atoms with Crippen molar-refractivity contribution in [1.29, 1.82) is 0 Å². The summed E-state index contributed by atoms with van der Waals surface area (Å²) in [6.45, 7) is 7.61. The average molecular weight is 222 g/mol. The van der Waals surface area contributed by atoms with Gasteiger partial charge < -0.3 is 10.5 Å². The molecule has 1 aromatic rings. The van der Waals surface area contributed by atoms with Crippen LogP contribution in [-0.4, -0.2) is 37.2 Å². The molecule has 0 atom stereocenters. The summed E-state index contributed by atoms with van der Waals surface area (Å²) >= 11 is 0. The quantitative estimate of drug-likeness (QED) is 0.763. The van der Waals surface area contributed by atoms with E-state index in [-0.39, 0.29) is 0 Å². The maximum absolute atomic E-state index is 5.65. The van der Waals surface area contributed by atoms with Crippen molar-refractivity contribution in [3.63, 3.8) is 0 Å². The summed E-state index contributed by atoms with van der Waals surface area (Å²) in [5.41, 5.74) is 5.57. The molecule has 0 radical (unpaired) electrons. The van der Waals surface area contributed by atoms with Gasteiger partial charge in [0, 0.05) is 25.7 Å². The van der Waals surface area contributed by atoms with Crippen LogP contribution in [0.5, 0.6) is 5.75 Å². The zero-order valence-corrected chi connectivity index (χ0v) is 10.2. The molecule has 0 aliphatic rings. The number of rotatable bonds is 7. The molecular weight excluding hydrogens is 200 g/mol. The molecule has 90 valence electrons. The highest BCUT2D eigenvalue weighted by molar-refractivity contribution is 5.20. The van der Waals surface area contributed by atoms with Gasteiger partial charge in [-0.2, -0.15) is 0 Å². The van der Waals surface area contributed by atoms with E-state index in [1.807, 2.05) is 30.3 Å². The third-order valence-electron chi connectivity index (χ3n) is 2.54. The third kappa shape index (κ3) is 4.64. The van der Waals surface area contributed by atoms with Crippen molar-refractivity contribution in [2.45, 2.75) is 19.9 Å². The number of ether oxygens (including phenoxy) is 1. The van der Waals surface area contributed by atoms with E-state index in [0.717, 1.165) is 18.8 Å². The molecule has 0 saturated heterocycles. The van der Waals surface area contributed by atoms with Crippen LogP contribution in [0.15, 0.2) is 30.3 Å². The minimum absolute atomic E-state index is 0.517.